The van der Waals surface area contributed by atoms with Gasteiger partial charge in [-0.15, -0.1) is 11.8 Å². The summed E-state index contributed by atoms with van der Waals surface area (Å²) < 4.78 is 0.834. The maximum atomic E-state index is 11.9. The first kappa shape index (κ1) is 31.0. The summed E-state index contributed by atoms with van der Waals surface area (Å²) >= 11 is 8.86. The number of rotatable bonds is 19. The fourth-order valence-corrected chi connectivity index (χ4v) is 6.74. The molecule has 1 rings (SSSR count). The van der Waals surface area contributed by atoms with Gasteiger partial charge in [-0.1, -0.05) is 126 Å². The summed E-state index contributed by atoms with van der Waals surface area (Å²) in [6.07, 6.45) is 13.6. The SMILES string of the molecule is CCCCCCCCCCCCSC(=S)SC(CC(CC(C)C(=O)O)C(=O)O)c1ccccc1. The van der Waals surface area contributed by atoms with E-state index in [-0.39, 0.29) is 11.7 Å². The Morgan fingerprint density at radius 2 is 1.41 bits per heavy atom. The van der Waals surface area contributed by atoms with Crippen LogP contribution in [0.3, 0.4) is 0 Å². The quantitative estimate of drug-likeness (QED) is 0.138. The minimum atomic E-state index is -0.960. The van der Waals surface area contributed by atoms with Crippen molar-refractivity contribution < 1.29 is 19.8 Å². The van der Waals surface area contributed by atoms with Gasteiger partial charge >= 0.3 is 11.9 Å². The fourth-order valence-electron chi connectivity index (χ4n) is 3.90. The van der Waals surface area contributed by atoms with Gasteiger partial charge in [0.15, 0.2) is 0 Å². The van der Waals surface area contributed by atoms with Crippen LogP contribution in [0.15, 0.2) is 30.3 Å². The molecule has 0 aliphatic heterocycles. The minimum Gasteiger partial charge on any atom is -0.481 e. The number of thiocarbonyl (C=S) groups is 1. The topological polar surface area (TPSA) is 74.6 Å². The van der Waals surface area contributed by atoms with Gasteiger partial charge in [-0.05, 0) is 30.6 Å². The van der Waals surface area contributed by atoms with Crippen LogP contribution in [0.4, 0.5) is 0 Å². The van der Waals surface area contributed by atoms with Crippen molar-refractivity contribution in [1.29, 1.82) is 0 Å². The molecule has 3 atom stereocenters. The molecule has 0 fully saturated rings. The molecular formula is C27H42O4S3. The smallest absolute Gasteiger partial charge is 0.306 e. The van der Waals surface area contributed by atoms with E-state index in [2.05, 4.69) is 6.92 Å². The van der Waals surface area contributed by atoms with E-state index in [0.29, 0.717) is 6.42 Å². The lowest BCUT2D eigenvalue weighted by atomic mass is 9.90. The third kappa shape index (κ3) is 14.4. The van der Waals surface area contributed by atoms with Crippen LogP contribution in [0.5, 0.6) is 0 Å². The lowest BCUT2D eigenvalue weighted by molar-refractivity contribution is -0.145. The molecule has 0 saturated carbocycles. The molecule has 0 aliphatic rings. The van der Waals surface area contributed by atoms with E-state index in [0.717, 1.165) is 21.3 Å². The van der Waals surface area contributed by atoms with Crippen molar-refractivity contribution in [3.63, 3.8) is 0 Å². The van der Waals surface area contributed by atoms with E-state index >= 15 is 0 Å². The first-order valence-electron chi connectivity index (χ1n) is 12.7. The van der Waals surface area contributed by atoms with Crippen LogP contribution in [0.2, 0.25) is 0 Å². The first-order chi connectivity index (χ1) is 16.3. The second-order valence-electron chi connectivity index (χ2n) is 9.04. The van der Waals surface area contributed by atoms with Crippen LogP contribution in [0.25, 0.3) is 0 Å². The number of thioether (sulfide) groups is 2. The van der Waals surface area contributed by atoms with E-state index < -0.39 is 23.8 Å². The average molecular weight is 527 g/mol. The van der Waals surface area contributed by atoms with Crippen molar-refractivity contribution in [2.75, 3.05) is 5.75 Å². The zero-order valence-corrected chi connectivity index (χ0v) is 23.2. The van der Waals surface area contributed by atoms with Gasteiger partial charge in [0.05, 0.1) is 11.8 Å². The number of unbranched alkanes of at least 4 members (excludes halogenated alkanes) is 9. The highest BCUT2D eigenvalue weighted by Crippen LogP contribution is 2.40. The maximum Gasteiger partial charge on any atom is 0.306 e. The molecule has 0 radical (unpaired) electrons. The molecule has 1 aromatic rings. The molecule has 0 bridgehead atoms. The normalized spacial score (nSPS) is 13.8. The molecule has 34 heavy (non-hydrogen) atoms. The summed E-state index contributed by atoms with van der Waals surface area (Å²) in [6, 6.07) is 9.81. The number of carboxylic acids is 2. The Morgan fingerprint density at radius 1 is 0.853 bits per heavy atom. The molecule has 0 saturated heterocycles. The highest BCUT2D eigenvalue weighted by atomic mass is 32.2. The monoisotopic (exact) mass is 526 g/mol. The van der Waals surface area contributed by atoms with Gasteiger partial charge in [0.2, 0.25) is 0 Å². The second-order valence-corrected chi connectivity index (χ2v) is 12.5. The van der Waals surface area contributed by atoms with Crippen molar-refractivity contribution in [3.8, 4) is 0 Å². The van der Waals surface area contributed by atoms with E-state index in [4.69, 9.17) is 12.2 Å². The zero-order chi connectivity index (χ0) is 25.2. The Kier molecular flexibility index (Phi) is 17.5. The van der Waals surface area contributed by atoms with Crippen LogP contribution >= 0.6 is 35.7 Å². The van der Waals surface area contributed by atoms with Crippen molar-refractivity contribution in [3.05, 3.63) is 35.9 Å². The summed E-state index contributed by atoms with van der Waals surface area (Å²) in [5.41, 5.74) is 1.03. The number of carbonyl (C=O) groups is 2. The van der Waals surface area contributed by atoms with Gasteiger partial charge in [0.25, 0.3) is 0 Å². The Balaban J connectivity index is 2.45. The molecule has 0 aliphatic carbocycles. The molecule has 0 amide bonds. The van der Waals surface area contributed by atoms with Crippen molar-refractivity contribution in [1.82, 2.24) is 0 Å². The summed E-state index contributed by atoms with van der Waals surface area (Å²) in [7, 11) is 0. The number of hydrogen-bond donors (Lipinski definition) is 2. The predicted octanol–water partition coefficient (Wildman–Crippen LogP) is 8.60. The van der Waals surface area contributed by atoms with Gasteiger partial charge in [-0.2, -0.15) is 0 Å². The lowest BCUT2D eigenvalue weighted by Crippen LogP contribution is -2.22. The molecule has 4 nitrogen and oxygen atoms in total. The fraction of sp³-hybridized carbons (Fsp3) is 0.667. The standard InChI is InChI=1S/C27H42O4S3/c1-3-4-5-6-7-8-9-10-11-15-18-33-27(32)34-24(22-16-13-12-14-17-22)20-23(26(30)31)19-21(2)25(28)29/h12-14,16-17,21,23-24H,3-11,15,18-20H2,1-2H3,(H,28,29)(H,30,31). The highest BCUT2D eigenvalue weighted by molar-refractivity contribution is 8.47. The van der Waals surface area contributed by atoms with Gasteiger partial charge < -0.3 is 10.2 Å². The number of hydrogen-bond acceptors (Lipinski definition) is 5. The Labute approximate surface area is 220 Å². The summed E-state index contributed by atoms with van der Waals surface area (Å²) in [6.45, 7) is 3.82. The van der Waals surface area contributed by atoms with Crippen molar-refractivity contribution >= 4 is 51.2 Å². The minimum absolute atomic E-state index is 0.101. The van der Waals surface area contributed by atoms with Gasteiger partial charge in [0, 0.05) is 5.25 Å². The summed E-state index contributed by atoms with van der Waals surface area (Å²) in [5, 5.41) is 18.8. The zero-order valence-electron chi connectivity index (χ0n) is 20.7. The van der Waals surface area contributed by atoms with Crippen molar-refractivity contribution in [2.24, 2.45) is 11.8 Å². The predicted molar refractivity (Wildman–Crippen MR) is 151 cm³/mol. The molecule has 0 aromatic heterocycles. The van der Waals surface area contributed by atoms with Crippen molar-refractivity contribution in [2.45, 2.75) is 96.1 Å². The van der Waals surface area contributed by atoms with Gasteiger partial charge in [-0.25, -0.2) is 0 Å². The molecule has 1 aromatic carbocycles. The summed E-state index contributed by atoms with van der Waals surface area (Å²) in [5.74, 6) is -2.34. The van der Waals surface area contributed by atoms with E-state index in [9.17, 15) is 19.8 Å². The molecule has 0 spiro atoms. The molecular weight excluding hydrogens is 484 g/mol. The largest absolute Gasteiger partial charge is 0.481 e. The third-order valence-corrected chi connectivity index (χ3v) is 8.99. The number of benzene rings is 1. The van der Waals surface area contributed by atoms with E-state index in [1.165, 1.54) is 57.8 Å². The van der Waals surface area contributed by atoms with Crippen LogP contribution in [0.1, 0.15) is 102 Å². The number of carboxylic acid groups (broad SMARTS) is 2. The highest BCUT2D eigenvalue weighted by Gasteiger charge is 2.28. The number of aliphatic carboxylic acids is 2. The van der Waals surface area contributed by atoms with Crippen LogP contribution in [-0.2, 0) is 9.59 Å². The molecule has 2 N–H and O–H groups in total. The van der Waals surface area contributed by atoms with Gasteiger partial charge in [-0.3, -0.25) is 9.59 Å². The Morgan fingerprint density at radius 3 is 1.94 bits per heavy atom. The average Bonchev–Trinajstić information content (AvgIpc) is 2.81. The van der Waals surface area contributed by atoms with Crippen LogP contribution in [-0.4, -0.2) is 31.4 Å². The van der Waals surface area contributed by atoms with E-state index in [1.54, 1.807) is 30.4 Å². The van der Waals surface area contributed by atoms with Gasteiger partial charge in [0.1, 0.15) is 3.53 Å². The molecule has 192 valence electrons. The molecule has 7 heteroatoms. The third-order valence-electron chi connectivity index (χ3n) is 6.04. The summed E-state index contributed by atoms with van der Waals surface area (Å²) in [4.78, 5) is 23.1. The van der Waals surface area contributed by atoms with Crippen LogP contribution < -0.4 is 0 Å². The Hall–Kier alpha value is -1.05. The first-order valence-corrected chi connectivity index (χ1v) is 15.0. The van der Waals surface area contributed by atoms with Crippen LogP contribution in [0, 0.1) is 11.8 Å². The van der Waals surface area contributed by atoms with E-state index in [1.807, 2.05) is 30.3 Å². The maximum absolute atomic E-state index is 11.9. The second kappa shape index (κ2) is 19.2. The molecule has 3 unspecified atom stereocenters. The lowest BCUT2D eigenvalue weighted by Gasteiger charge is -2.22. The Bertz CT molecular complexity index is 711. The molecule has 0 heterocycles.